The van der Waals surface area contributed by atoms with Gasteiger partial charge in [0.2, 0.25) is 11.8 Å². The number of amides is 3. The lowest BCUT2D eigenvalue weighted by Gasteiger charge is -2.33. The van der Waals surface area contributed by atoms with Crippen LogP contribution in [0.1, 0.15) is 41.2 Å². The standard InChI is InChI=1S/C19H29N5O4/c1-22(2)19(27)15-11-20-21-17(15)13-4-6-23(7-5-13)18(26)14-10-16(25)24(12-14)8-9-28-3/h11,13-14H,4-10,12H2,1-3H3,(H,20,21)/t14-/m1/s1. The number of ether oxygens (including phenoxy) is 1. The van der Waals surface area contributed by atoms with Crippen molar-refractivity contribution in [3.63, 3.8) is 0 Å². The summed E-state index contributed by atoms with van der Waals surface area (Å²) in [6.07, 6.45) is 3.41. The molecule has 0 bridgehead atoms. The van der Waals surface area contributed by atoms with Crippen LogP contribution in [0.25, 0.3) is 0 Å². The van der Waals surface area contributed by atoms with Gasteiger partial charge in [-0.05, 0) is 12.8 Å². The molecule has 1 aromatic heterocycles. The molecular weight excluding hydrogens is 362 g/mol. The second-order valence-electron chi connectivity index (χ2n) is 7.73. The summed E-state index contributed by atoms with van der Waals surface area (Å²) >= 11 is 0. The fraction of sp³-hybridized carbons (Fsp3) is 0.684. The van der Waals surface area contributed by atoms with E-state index in [1.54, 1.807) is 37.2 Å². The van der Waals surface area contributed by atoms with Crippen LogP contribution in [0.15, 0.2) is 6.20 Å². The van der Waals surface area contributed by atoms with Crippen molar-refractivity contribution in [2.24, 2.45) is 5.92 Å². The largest absolute Gasteiger partial charge is 0.383 e. The number of hydrogen-bond acceptors (Lipinski definition) is 5. The van der Waals surface area contributed by atoms with E-state index in [1.165, 1.54) is 0 Å². The Labute approximate surface area is 165 Å². The van der Waals surface area contributed by atoms with Gasteiger partial charge in [0.1, 0.15) is 0 Å². The molecule has 0 aliphatic carbocycles. The van der Waals surface area contributed by atoms with Gasteiger partial charge in [-0.15, -0.1) is 0 Å². The third kappa shape index (κ3) is 4.19. The van der Waals surface area contributed by atoms with Crippen molar-refractivity contribution in [1.82, 2.24) is 24.9 Å². The van der Waals surface area contributed by atoms with Crippen LogP contribution in [0.5, 0.6) is 0 Å². The van der Waals surface area contributed by atoms with Gasteiger partial charge >= 0.3 is 0 Å². The molecule has 1 aromatic rings. The van der Waals surface area contributed by atoms with Crippen LogP contribution in [0, 0.1) is 5.92 Å². The normalized spacial score (nSPS) is 20.7. The Kier molecular flexibility index (Phi) is 6.33. The number of H-pyrrole nitrogens is 1. The van der Waals surface area contributed by atoms with Crippen LogP contribution in [-0.2, 0) is 14.3 Å². The van der Waals surface area contributed by atoms with Crippen LogP contribution in [-0.4, -0.2) is 96.6 Å². The lowest BCUT2D eigenvalue weighted by Crippen LogP contribution is -2.42. The zero-order valence-electron chi connectivity index (χ0n) is 16.8. The van der Waals surface area contributed by atoms with Gasteiger partial charge < -0.3 is 19.4 Å². The summed E-state index contributed by atoms with van der Waals surface area (Å²) in [5.41, 5.74) is 1.46. The number of nitrogens with zero attached hydrogens (tertiary/aromatic N) is 4. The molecule has 0 saturated carbocycles. The summed E-state index contributed by atoms with van der Waals surface area (Å²) < 4.78 is 5.03. The highest BCUT2D eigenvalue weighted by molar-refractivity contribution is 5.95. The van der Waals surface area contributed by atoms with Gasteiger partial charge in [-0.25, -0.2) is 0 Å². The Morgan fingerprint density at radius 3 is 2.68 bits per heavy atom. The van der Waals surface area contributed by atoms with E-state index in [9.17, 15) is 14.4 Å². The van der Waals surface area contributed by atoms with E-state index in [4.69, 9.17) is 4.74 Å². The van der Waals surface area contributed by atoms with E-state index in [2.05, 4.69) is 10.2 Å². The van der Waals surface area contributed by atoms with Gasteiger partial charge in [-0.2, -0.15) is 5.10 Å². The van der Waals surface area contributed by atoms with E-state index in [0.29, 0.717) is 38.3 Å². The van der Waals surface area contributed by atoms with Gasteiger partial charge in [0.05, 0.1) is 30.0 Å². The van der Waals surface area contributed by atoms with Gasteiger partial charge in [-0.1, -0.05) is 0 Å². The highest BCUT2D eigenvalue weighted by atomic mass is 16.5. The number of rotatable bonds is 6. The Hall–Kier alpha value is -2.42. The molecule has 9 heteroatoms. The van der Waals surface area contributed by atoms with E-state index in [1.807, 2.05) is 4.90 Å². The fourth-order valence-corrected chi connectivity index (χ4v) is 4.02. The molecule has 0 aromatic carbocycles. The smallest absolute Gasteiger partial charge is 0.256 e. The molecule has 2 fully saturated rings. The first-order valence-electron chi connectivity index (χ1n) is 9.72. The zero-order valence-corrected chi connectivity index (χ0v) is 16.8. The van der Waals surface area contributed by atoms with E-state index >= 15 is 0 Å². The quantitative estimate of drug-likeness (QED) is 0.753. The second kappa shape index (κ2) is 8.72. The Morgan fingerprint density at radius 1 is 1.32 bits per heavy atom. The minimum Gasteiger partial charge on any atom is -0.383 e. The summed E-state index contributed by atoms with van der Waals surface area (Å²) in [4.78, 5) is 42.4. The first-order valence-corrected chi connectivity index (χ1v) is 9.72. The lowest BCUT2D eigenvalue weighted by atomic mass is 9.90. The number of nitrogens with one attached hydrogen (secondary N) is 1. The molecule has 0 radical (unpaired) electrons. The van der Waals surface area contributed by atoms with Crippen molar-refractivity contribution in [2.75, 3.05) is 54.0 Å². The molecule has 3 heterocycles. The predicted octanol–water partition coefficient (Wildman–Crippen LogP) is 0.312. The number of carbonyl (C=O) groups is 3. The van der Waals surface area contributed by atoms with Gasteiger partial charge in [0.15, 0.2) is 0 Å². The molecule has 3 amide bonds. The molecular formula is C19H29N5O4. The summed E-state index contributed by atoms with van der Waals surface area (Å²) in [5, 5.41) is 7.03. The molecule has 3 rings (SSSR count). The maximum atomic E-state index is 12.9. The molecule has 1 N–H and O–H groups in total. The maximum Gasteiger partial charge on any atom is 0.256 e. The number of carbonyl (C=O) groups excluding carboxylic acids is 3. The van der Waals surface area contributed by atoms with Crippen LogP contribution >= 0.6 is 0 Å². The van der Waals surface area contributed by atoms with E-state index in [0.717, 1.165) is 18.5 Å². The molecule has 2 saturated heterocycles. The maximum absolute atomic E-state index is 12.9. The average Bonchev–Trinajstić information content (AvgIpc) is 3.32. The summed E-state index contributed by atoms with van der Waals surface area (Å²) in [7, 11) is 5.04. The van der Waals surface area contributed by atoms with Crippen LogP contribution in [0.2, 0.25) is 0 Å². The SMILES string of the molecule is COCCN1C[C@H](C(=O)N2CCC(c3[nH]ncc3C(=O)N(C)C)CC2)CC1=O. The van der Waals surface area contributed by atoms with Crippen molar-refractivity contribution < 1.29 is 19.1 Å². The first-order chi connectivity index (χ1) is 13.4. The predicted molar refractivity (Wildman–Crippen MR) is 102 cm³/mol. The average molecular weight is 391 g/mol. The Morgan fingerprint density at radius 2 is 2.04 bits per heavy atom. The third-order valence-corrected chi connectivity index (χ3v) is 5.65. The highest BCUT2D eigenvalue weighted by Crippen LogP contribution is 2.31. The monoisotopic (exact) mass is 391 g/mol. The van der Waals surface area contributed by atoms with Crippen molar-refractivity contribution in [2.45, 2.75) is 25.2 Å². The molecule has 154 valence electrons. The summed E-state index contributed by atoms with van der Waals surface area (Å²) in [6.45, 7) is 2.74. The van der Waals surface area contributed by atoms with Gasteiger partial charge in [0.25, 0.3) is 5.91 Å². The van der Waals surface area contributed by atoms with Crippen molar-refractivity contribution in [3.05, 3.63) is 17.5 Å². The third-order valence-electron chi connectivity index (χ3n) is 5.65. The number of aromatic amines is 1. The molecule has 2 aliphatic rings. The highest BCUT2D eigenvalue weighted by Gasteiger charge is 2.37. The molecule has 2 aliphatic heterocycles. The lowest BCUT2D eigenvalue weighted by molar-refractivity contribution is -0.136. The number of methoxy groups -OCH3 is 1. The number of hydrogen-bond donors (Lipinski definition) is 1. The number of aromatic nitrogens is 2. The minimum absolute atomic E-state index is 0.0228. The molecule has 1 atom stereocenters. The molecule has 0 unspecified atom stereocenters. The zero-order chi connectivity index (χ0) is 20.3. The van der Waals surface area contributed by atoms with Crippen LogP contribution in [0.4, 0.5) is 0 Å². The Bertz CT molecular complexity index is 724. The summed E-state index contributed by atoms with van der Waals surface area (Å²) in [5.74, 6) is -0.0776. The van der Waals surface area contributed by atoms with Gasteiger partial charge in [0, 0.05) is 59.7 Å². The number of piperidine rings is 1. The fourth-order valence-electron chi connectivity index (χ4n) is 4.02. The first kappa shape index (κ1) is 20.3. The second-order valence-corrected chi connectivity index (χ2v) is 7.73. The van der Waals surface area contributed by atoms with Crippen LogP contribution in [0.3, 0.4) is 0 Å². The van der Waals surface area contributed by atoms with Crippen LogP contribution < -0.4 is 0 Å². The molecule has 28 heavy (non-hydrogen) atoms. The molecule has 9 nitrogen and oxygen atoms in total. The summed E-state index contributed by atoms with van der Waals surface area (Å²) in [6, 6.07) is 0. The molecule has 0 spiro atoms. The van der Waals surface area contributed by atoms with E-state index in [-0.39, 0.29) is 36.0 Å². The van der Waals surface area contributed by atoms with Crippen molar-refractivity contribution >= 4 is 17.7 Å². The van der Waals surface area contributed by atoms with Gasteiger partial charge in [-0.3, -0.25) is 19.5 Å². The van der Waals surface area contributed by atoms with Crippen molar-refractivity contribution in [3.8, 4) is 0 Å². The van der Waals surface area contributed by atoms with E-state index < -0.39 is 0 Å². The van der Waals surface area contributed by atoms with Crippen molar-refractivity contribution in [1.29, 1.82) is 0 Å². The Balaban J connectivity index is 1.56. The minimum atomic E-state index is -0.265. The topological polar surface area (TPSA) is 98.8 Å². The number of likely N-dealkylation sites (tertiary alicyclic amines) is 2.